The number of carbonyl (C=O) groups excluding carboxylic acids is 2. The summed E-state index contributed by atoms with van der Waals surface area (Å²) < 4.78 is 0. The molecule has 0 aromatic heterocycles. The van der Waals surface area contributed by atoms with E-state index in [1.54, 1.807) is 0 Å². The Labute approximate surface area is 117 Å². The molecule has 0 radical (unpaired) electrons. The molecule has 0 aliphatic heterocycles. The third-order valence-electron chi connectivity index (χ3n) is 5.74. The predicted molar refractivity (Wildman–Crippen MR) is 76.9 cm³/mol. The maximum atomic E-state index is 11.5. The highest BCUT2D eigenvalue weighted by molar-refractivity contribution is 5.79. The fourth-order valence-corrected chi connectivity index (χ4v) is 4.48. The smallest absolute Gasteiger partial charge is 0.132 e. The van der Waals surface area contributed by atoms with Crippen molar-refractivity contribution in [1.29, 1.82) is 0 Å². The van der Waals surface area contributed by atoms with Gasteiger partial charge in [0.1, 0.15) is 11.6 Å². The van der Waals surface area contributed by atoms with Crippen LogP contribution in [-0.2, 0) is 9.59 Å². The average molecular weight is 264 g/mol. The first-order chi connectivity index (χ1) is 9.06. The molecule has 2 heteroatoms. The van der Waals surface area contributed by atoms with E-state index < -0.39 is 0 Å². The lowest BCUT2D eigenvalue weighted by Gasteiger charge is -2.47. The standard InChI is InChI=1S/C17H28O2/c1-3-12-17(2,13-4-8-15(18)9-5-13)14-6-10-16(19)11-7-14/h13-14H,3-12H2,1-2H3. The first-order valence-corrected chi connectivity index (χ1v) is 8.09. The van der Waals surface area contributed by atoms with Gasteiger partial charge in [0.15, 0.2) is 0 Å². The van der Waals surface area contributed by atoms with Gasteiger partial charge in [0.25, 0.3) is 0 Å². The third kappa shape index (κ3) is 3.27. The summed E-state index contributed by atoms with van der Waals surface area (Å²) in [5.74, 6) is 2.30. The molecule has 0 aromatic carbocycles. The Balaban J connectivity index is 2.07. The maximum absolute atomic E-state index is 11.5. The molecule has 0 amide bonds. The van der Waals surface area contributed by atoms with Crippen LogP contribution < -0.4 is 0 Å². The highest BCUT2D eigenvalue weighted by atomic mass is 16.1. The van der Waals surface area contributed by atoms with Crippen molar-refractivity contribution < 1.29 is 9.59 Å². The molecule has 0 N–H and O–H groups in total. The summed E-state index contributed by atoms with van der Waals surface area (Å²) in [6, 6.07) is 0. The minimum atomic E-state index is 0.357. The molecule has 2 fully saturated rings. The SMILES string of the molecule is CCCC(C)(C1CCC(=O)CC1)C1CCC(=O)CC1. The number of Topliss-reactive ketones (excluding diaryl/α,β-unsaturated/α-hetero) is 2. The van der Waals surface area contributed by atoms with Gasteiger partial charge >= 0.3 is 0 Å². The monoisotopic (exact) mass is 264 g/mol. The molecule has 0 unspecified atom stereocenters. The zero-order chi connectivity index (χ0) is 13.9. The van der Waals surface area contributed by atoms with Crippen molar-refractivity contribution in [3.63, 3.8) is 0 Å². The maximum Gasteiger partial charge on any atom is 0.132 e. The molecular formula is C17H28O2. The summed E-state index contributed by atoms with van der Waals surface area (Å²) in [5.41, 5.74) is 0.357. The average Bonchev–Trinajstić information content (AvgIpc) is 2.40. The van der Waals surface area contributed by atoms with Crippen molar-refractivity contribution in [2.75, 3.05) is 0 Å². The molecule has 2 nitrogen and oxygen atoms in total. The number of carbonyl (C=O) groups is 2. The first kappa shape index (κ1) is 14.7. The molecule has 2 rings (SSSR count). The number of ketones is 2. The Kier molecular flexibility index (Phi) is 4.81. The summed E-state index contributed by atoms with van der Waals surface area (Å²) in [6.45, 7) is 4.71. The quantitative estimate of drug-likeness (QED) is 0.758. The Morgan fingerprint density at radius 2 is 1.26 bits per heavy atom. The minimum absolute atomic E-state index is 0.357. The van der Waals surface area contributed by atoms with E-state index in [1.165, 1.54) is 12.8 Å². The van der Waals surface area contributed by atoms with E-state index in [0.29, 0.717) is 28.8 Å². The predicted octanol–water partition coefficient (Wildman–Crippen LogP) is 4.31. The lowest BCUT2D eigenvalue weighted by atomic mass is 9.58. The lowest BCUT2D eigenvalue weighted by Crippen LogP contribution is -2.39. The first-order valence-electron chi connectivity index (χ1n) is 8.09. The van der Waals surface area contributed by atoms with Crippen LogP contribution in [0.3, 0.4) is 0 Å². The van der Waals surface area contributed by atoms with E-state index in [9.17, 15) is 9.59 Å². The van der Waals surface area contributed by atoms with Crippen LogP contribution in [0.4, 0.5) is 0 Å². The van der Waals surface area contributed by atoms with Crippen molar-refractivity contribution in [2.24, 2.45) is 17.3 Å². The lowest BCUT2D eigenvalue weighted by molar-refractivity contribution is -0.123. The van der Waals surface area contributed by atoms with Gasteiger partial charge in [0, 0.05) is 25.7 Å². The van der Waals surface area contributed by atoms with Gasteiger partial charge in [-0.1, -0.05) is 20.3 Å². The molecule has 0 atom stereocenters. The van der Waals surface area contributed by atoms with Gasteiger partial charge < -0.3 is 0 Å². The molecule has 108 valence electrons. The zero-order valence-electron chi connectivity index (χ0n) is 12.5. The van der Waals surface area contributed by atoms with Gasteiger partial charge in [-0.15, -0.1) is 0 Å². The van der Waals surface area contributed by atoms with E-state index in [4.69, 9.17) is 0 Å². The second-order valence-corrected chi connectivity index (χ2v) is 6.88. The second-order valence-electron chi connectivity index (χ2n) is 6.88. The molecule has 19 heavy (non-hydrogen) atoms. The van der Waals surface area contributed by atoms with E-state index >= 15 is 0 Å². The minimum Gasteiger partial charge on any atom is -0.300 e. The number of hydrogen-bond donors (Lipinski definition) is 0. The van der Waals surface area contributed by atoms with Crippen LogP contribution in [0.1, 0.15) is 78.1 Å². The Morgan fingerprint density at radius 1 is 0.895 bits per heavy atom. The Hall–Kier alpha value is -0.660. The molecule has 2 aliphatic rings. The van der Waals surface area contributed by atoms with Gasteiger partial charge in [-0.05, 0) is 49.4 Å². The molecule has 0 spiro atoms. The van der Waals surface area contributed by atoms with E-state index in [-0.39, 0.29) is 0 Å². The second kappa shape index (κ2) is 6.19. The Bertz CT molecular complexity index is 297. The molecular weight excluding hydrogens is 236 g/mol. The summed E-state index contributed by atoms with van der Waals surface area (Å²) in [4.78, 5) is 22.9. The van der Waals surface area contributed by atoms with Crippen molar-refractivity contribution in [3.05, 3.63) is 0 Å². The summed E-state index contributed by atoms with van der Waals surface area (Å²) in [7, 11) is 0. The number of hydrogen-bond acceptors (Lipinski definition) is 2. The van der Waals surface area contributed by atoms with E-state index in [0.717, 1.165) is 51.4 Å². The van der Waals surface area contributed by atoms with Crippen LogP contribution in [0.5, 0.6) is 0 Å². The van der Waals surface area contributed by atoms with Gasteiger partial charge in [0.05, 0.1) is 0 Å². The largest absolute Gasteiger partial charge is 0.300 e. The van der Waals surface area contributed by atoms with Crippen molar-refractivity contribution in [1.82, 2.24) is 0 Å². The normalized spacial score (nSPS) is 23.9. The fourth-order valence-electron chi connectivity index (χ4n) is 4.48. The van der Waals surface area contributed by atoms with E-state index in [1.807, 2.05) is 0 Å². The van der Waals surface area contributed by atoms with Crippen LogP contribution in [0, 0.1) is 17.3 Å². The van der Waals surface area contributed by atoms with Gasteiger partial charge in [-0.3, -0.25) is 9.59 Å². The highest BCUT2D eigenvalue weighted by Crippen LogP contribution is 2.50. The van der Waals surface area contributed by atoms with Crippen LogP contribution in [0.25, 0.3) is 0 Å². The molecule has 2 saturated carbocycles. The molecule has 2 aliphatic carbocycles. The van der Waals surface area contributed by atoms with Crippen LogP contribution in [0.15, 0.2) is 0 Å². The van der Waals surface area contributed by atoms with E-state index in [2.05, 4.69) is 13.8 Å². The fraction of sp³-hybridized carbons (Fsp3) is 0.882. The van der Waals surface area contributed by atoms with Crippen LogP contribution >= 0.6 is 0 Å². The van der Waals surface area contributed by atoms with Gasteiger partial charge in [0.2, 0.25) is 0 Å². The highest BCUT2D eigenvalue weighted by Gasteiger charge is 2.42. The summed E-state index contributed by atoms with van der Waals surface area (Å²) in [5, 5.41) is 0. The molecule has 0 heterocycles. The zero-order valence-corrected chi connectivity index (χ0v) is 12.5. The summed E-state index contributed by atoms with van der Waals surface area (Å²) >= 11 is 0. The van der Waals surface area contributed by atoms with Crippen molar-refractivity contribution in [2.45, 2.75) is 78.1 Å². The molecule has 0 bridgehead atoms. The topological polar surface area (TPSA) is 34.1 Å². The van der Waals surface area contributed by atoms with Gasteiger partial charge in [-0.25, -0.2) is 0 Å². The Morgan fingerprint density at radius 3 is 1.58 bits per heavy atom. The summed E-state index contributed by atoms with van der Waals surface area (Å²) in [6.07, 6.45) is 9.95. The van der Waals surface area contributed by atoms with Gasteiger partial charge in [-0.2, -0.15) is 0 Å². The van der Waals surface area contributed by atoms with Crippen molar-refractivity contribution >= 4 is 11.6 Å². The molecule has 0 aromatic rings. The van der Waals surface area contributed by atoms with Crippen LogP contribution in [-0.4, -0.2) is 11.6 Å². The number of rotatable bonds is 4. The van der Waals surface area contributed by atoms with Crippen molar-refractivity contribution in [3.8, 4) is 0 Å². The molecule has 0 saturated heterocycles. The third-order valence-corrected chi connectivity index (χ3v) is 5.74. The van der Waals surface area contributed by atoms with Crippen LogP contribution in [0.2, 0.25) is 0 Å².